The molecule has 0 saturated heterocycles. The molecule has 0 fully saturated rings. The summed E-state index contributed by atoms with van der Waals surface area (Å²) >= 11 is 0. The van der Waals surface area contributed by atoms with E-state index < -0.39 is 0 Å². The molecule has 4 heavy (non-hydrogen) atoms. The molecular weight excluding hydrogens is 167 g/mol. The summed E-state index contributed by atoms with van der Waals surface area (Å²) in [5, 5.41) is 0. The third-order valence-electron chi connectivity index (χ3n) is 0. The molecule has 0 aromatic rings. The van der Waals surface area contributed by atoms with Gasteiger partial charge in [-0.3, -0.25) is 0 Å². The minimum Gasteiger partial charge on any atom is -1.00 e. The molecule has 0 aromatic carbocycles. The average Bonchev–Trinajstić information content (AvgIpc) is 0. The Kier molecular flexibility index (Phi) is 186. The van der Waals surface area contributed by atoms with Gasteiger partial charge < -0.3 is 24.8 Å². The van der Waals surface area contributed by atoms with E-state index in [0.29, 0.717) is 0 Å². The number of hydrogen-bond donors (Lipinski definition) is 0. The molecule has 4 heteroatoms. The van der Waals surface area contributed by atoms with E-state index in [2.05, 4.69) is 0 Å². The molecule has 0 saturated carbocycles. The first-order valence-corrected chi connectivity index (χ1v) is 0. The van der Waals surface area contributed by atoms with Gasteiger partial charge in [0.25, 0.3) is 0 Å². The summed E-state index contributed by atoms with van der Waals surface area (Å²) in [7, 11) is 0. The summed E-state index contributed by atoms with van der Waals surface area (Å²) < 4.78 is 0. The summed E-state index contributed by atoms with van der Waals surface area (Å²) in [5.74, 6) is 0. The smallest absolute Gasteiger partial charge is 1.00 e. The van der Waals surface area contributed by atoms with Crippen molar-refractivity contribution < 1.29 is 68.2 Å². The van der Waals surface area contributed by atoms with Gasteiger partial charge >= 0.3 is 43.4 Å². The summed E-state index contributed by atoms with van der Waals surface area (Å²) in [4.78, 5) is 0. The number of halogens is 2. The molecule has 0 aliphatic heterocycles. The standard InChI is InChI=1S/2ClH.2Ti/h2*1H;;/q;;2*+3/p-2. The molecule has 0 atom stereocenters. The Morgan fingerprint density at radius 3 is 0.500 bits per heavy atom. The Bertz CT molecular complexity index is 4.00. The second kappa shape index (κ2) is 19.9. The first-order chi connectivity index (χ1) is 0. The van der Waals surface area contributed by atoms with Gasteiger partial charge in [0.1, 0.15) is 0 Å². The molecule has 0 N–H and O–H groups in total. The third kappa shape index (κ3) is 8.99. The van der Waals surface area contributed by atoms with Crippen molar-refractivity contribution in [2.45, 2.75) is 0 Å². The van der Waals surface area contributed by atoms with Crippen molar-refractivity contribution in [3.8, 4) is 0 Å². The van der Waals surface area contributed by atoms with Crippen LogP contribution in [0.1, 0.15) is 0 Å². The van der Waals surface area contributed by atoms with Crippen LogP contribution in [0.25, 0.3) is 0 Å². The van der Waals surface area contributed by atoms with Crippen molar-refractivity contribution >= 4 is 0 Å². The zero-order valence-electron chi connectivity index (χ0n) is 1.76. The zero-order chi connectivity index (χ0) is 0. The van der Waals surface area contributed by atoms with Gasteiger partial charge in [-0.15, -0.1) is 0 Å². The monoisotopic (exact) mass is 166 g/mol. The van der Waals surface area contributed by atoms with E-state index in [1.807, 2.05) is 0 Å². The topological polar surface area (TPSA) is 0 Å². The predicted octanol–water partition coefficient (Wildman–Crippen LogP) is -6.00. The number of hydrogen-bond acceptors (Lipinski definition) is 0. The van der Waals surface area contributed by atoms with E-state index in [-0.39, 0.29) is 68.2 Å². The Morgan fingerprint density at radius 1 is 0.500 bits per heavy atom. The Hall–Kier alpha value is 2.01. The van der Waals surface area contributed by atoms with Crippen molar-refractivity contribution in [2.24, 2.45) is 0 Å². The molecule has 0 aliphatic carbocycles. The minimum atomic E-state index is 0. The van der Waals surface area contributed by atoms with Crippen LogP contribution in [0.4, 0.5) is 0 Å². The van der Waals surface area contributed by atoms with Gasteiger partial charge in [0.05, 0.1) is 0 Å². The van der Waals surface area contributed by atoms with Gasteiger partial charge in [0.15, 0.2) is 0 Å². The molecule has 0 amide bonds. The van der Waals surface area contributed by atoms with Crippen LogP contribution in [0.3, 0.4) is 0 Å². The van der Waals surface area contributed by atoms with E-state index in [0.717, 1.165) is 0 Å². The first-order valence-electron chi connectivity index (χ1n) is 0. The Morgan fingerprint density at radius 2 is 0.500 bits per heavy atom. The largest absolute Gasteiger partial charge is 3.00 e. The maximum Gasteiger partial charge on any atom is 3.00 e. The molecule has 0 heterocycles. The molecule has 0 spiro atoms. The SMILES string of the molecule is [Cl-].[Cl-].[Ti+3].[Ti+3]. The zero-order valence-corrected chi connectivity index (χ0v) is 6.39. The van der Waals surface area contributed by atoms with Crippen molar-refractivity contribution in [1.82, 2.24) is 0 Å². The Labute approximate surface area is 67.7 Å². The minimum absolute atomic E-state index is 0. The first kappa shape index (κ1) is 37.4. The van der Waals surface area contributed by atoms with Gasteiger partial charge in [-0.05, 0) is 0 Å². The second-order valence-electron chi connectivity index (χ2n) is 0. The fourth-order valence-corrected chi connectivity index (χ4v) is 0. The van der Waals surface area contributed by atoms with Crippen molar-refractivity contribution in [2.75, 3.05) is 0 Å². The predicted molar refractivity (Wildman–Crippen MR) is 0 cm³/mol. The normalized spacial score (nSPS) is 0. The van der Waals surface area contributed by atoms with Crippen LogP contribution in [0, 0.1) is 0 Å². The molecule has 0 aliphatic rings. The van der Waals surface area contributed by atoms with Crippen LogP contribution in [0.15, 0.2) is 0 Å². The summed E-state index contributed by atoms with van der Waals surface area (Å²) in [5.41, 5.74) is 0. The molecule has 0 rings (SSSR count). The van der Waals surface area contributed by atoms with Crippen LogP contribution in [-0.2, 0) is 43.4 Å². The summed E-state index contributed by atoms with van der Waals surface area (Å²) in [6, 6.07) is 0. The van der Waals surface area contributed by atoms with Crippen LogP contribution in [0.2, 0.25) is 0 Å². The Balaban J connectivity index is 0. The van der Waals surface area contributed by atoms with Gasteiger partial charge in [0.2, 0.25) is 0 Å². The average molecular weight is 167 g/mol. The van der Waals surface area contributed by atoms with E-state index in [1.165, 1.54) is 0 Å². The molecule has 0 nitrogen and oxygen atoms in total. The quantitative estimate of drug-likeness (QED) is 0.315. The summed E-state index contributed by atoms with van der Waals surface area (Å²) in [6.07, 6.45) is 0. The summed E-state index contributed by atoms with van der Waals surface area (Å²) in [6.45, 7) is 0. The van der Waals surface area contributed by atoms with Gasteiger partial charge in [-0.25, -0.2) is 0 Å². The molecule has 0 bridgehead atoms. The fraction of sp³-hybridized carbons (Fsp3) is 0. The molecule has 18 valence electrons. The molecule has 0 unspecified atom stereocenters. The van der Waals surface area contributed by atoms with E-state index in [4.69, 9.17) is 0 Å². The molecule has 2 radical (unpaired) electrons. The second-order valence-corrected chi connectivity index (χ2v) is 0. The van der Waals surface area contributed by atoms with Crippen molar-refractivity contribution in [3.05, 3.63) is 0 Å². The molecule has 0 aromatic heterocycles. The van der Waals surface area contributed by atoms with Crippen LogP contribution >= 0.6 is 0 Å². The third-order valence-corrected chi connectivity index (χ3v) is 0. The van der Waals surface area contributed by atoms with Crippen molar-refractivity contribution in [3.63, 3.8) is 0 Å². The van der Waals surface area contributed by atoms with Gasteiger partial charge in [-0.1, -0.05) is 0 Å². The van der Waals surface area contributed by atoms with Crippen LogP contribution in [0.5, 0.6) is 0 Å². The van der Waals surface area contributed by atoms with E-state index >= 15 is 0 Å². The molecular formula is Cl2Ti2+4. The van der Waals surface area contributed by atoms with Gasteiger partial charge in [0, 0.05) is 0 Å². The van der Waals surface area contributed by atoms with Crippen LogP contribution in [-0.4, -0.2) is 0 Å². The maximum atomic E-state index is 0. The fourth-order valence-electron chi connectivity index (χ4n) is 0. The maximum absolute atomic E-state index is 0. The van der Waals surface area contributed by atoms with Crippen LogP contribution < -0.4 is 24.8 Å². The van der Waals surface area contributed by atoms with Crippen molar-refractivity contribution in [1.29, 1.82) is 0 Å². The van der Waals surface area contributed by atoms with E-state index in [9.17, 15) is 0 Å². The van der Waals surface area contributed by atoms with E-state index in [1.54, 1.807) is 0 Å². The van der Waals surface area contributed by atoms with Gasteiger partial charge in [-0.2, -0.15) is 0 Å². The number of rotatable bonds is 0.